The Morgan fingerprint density at radius 3 is 2.84 bits per heavy atom. The second-order valence-electron chi connectivity index (χ2n) is 5.65. The van der Waals surface area contributed by atoms with Crippen molar-refractivity contribution in [2.45, 2.75) is 6.42 Å². The van der Waals surface area contributed by atoms with Gasteiger partial charge in [0.2, 0.25) is 0 Å². The molecule has 0 saturated carbocycles. The molecule has 1 aliphatic heterocycles. The lowest BCUT2D eigenvalue weighted by Gasteiger charge is -2.17. The molecule has 0 bridgehead atoms. The Hall–Kier alpha value is -1.89. The second kappa shape index (κ2) is 7.56. The highest BCUT2D eigenvalue weighted by molar-refractivity contribution is 9.10. The fraction of sp³-hybridized carbons (Fsp3) is 0.222. The summed E-state index contributed by atoms with van der Waals surface area (Å²) in [6.07, 6.45) is 0.788. The van der Waals surface area contributed by atoms with Crippen LogP contribution in [-0.4, -0.2) is 32.1 Å². The Kier molecular flexibility index (Phi) is 5.42. The fourth-order valence-electron chi connectivity index (χ4n) is 2.79. The van der Waals surface area contributed by atoms with E-state index in [2.05, 4.69) is 21.2 Å². The molecular weight excluding hydrogens is 408 g/mol. The first-order valence-electron chi connectivity index (χ1n) is 7.68. The first kappa shape index (κ1) is 17.9. The number of fused-ring (bicyclic) bond motifs is 1. The van der Waals surface area contributed by atoms with E-state index in [0.29, 0.717) is 22.8 Å². The third kappa shape index (κ3) is 3.86. The number of methoxy groups -OCH3 is 1. The molecule has 0 saturated heterocycles. The van der Waals surface area contributed by atoms with Crippen molar-refractivity contribution in [3.63, 3.8) is 0 Å². The third-order valence-corrected chi connectivity index (χ3v) is 4.80. The molecular formula is C18H16BrClN2O3. The molecule has 0 unspecified atom stereocenters. The maximum atomic E-state index is 12.5. The van der Waals surface area contributed by atoms with Gasteiger partial charge in [-0.3, -0.25) is 9.59 Å². The number of hydrogen-bond acceptors (Lipinski definition) is 3. The van der Waals surface area contributed by atoms with Gasteiger partial charge in [0.15, 0.2) is 0 Å². The summed E-state index contributed by atoms with van der Waals surface area (Å²) in [4.78, 5) is 26.3. The predicted molar refractivity (Wildman–Crippen MR) is 101 cm³/mol. The van der Waals surface area contributed by atoms with Crippen LogP contribution in [0.1, 0.15) is 15.9 Å². The van der Waals surface area contributed by atoms with Gasteiger partial charge in [-0.2, -0.15) is 0 Å². The highest BCUT2D eigenvalue weighted by Gasteiger charge is 2.25. The van der Waals surface area contributed by atoms with Crippen LogP contribution in [0.25, 0.3) is 0 Å². The minimum Gasteiger partial charge on any atom is -0.375 e. The Balaban J connectivity index is 1.83. The zero-order valence-corrected chi connectivity index (χ0v) is 15.9. The van der Waals surface area contributed by atoms with Crippen LogP contribution in [0.5, 0.6) is 0 Å². The number of halogens is 2. The molecule has 25 heavy (non-hydrogen) atoms. The number of nitrogens with one attached hydrogen (secondary N) is 1. The smallest absolute Gasteiger partial charge is 0.257 e. The van der Waals surface area contributed by atoms with Crippen molar-refractivity contribution in [2.24, 2.45) is 0 Å². The molecule has 0 spiro atoms. The van der Waals surface area contributed by atoms with Crippen molar-refractivity contribution in [3.8, 4) is 0 Å². The zero-order chi connectivity index (χ0) is 18.0. The van der Waals surface area contributed by atoms with Gasteiger partial charge in [0.25, 0.3) is 11.8 Å². The average molecular weight is 424 g/mol. The summed E-state index contributed by atoms with van der Waals surface area (Å²) in [5.74, 6) is -0.404. The van der Waals surface area contributed by atoms with Gasteiger partial charge < -0.3 is 15.0 Å². The molecule has 7 heteroatoms. The van der Waals surface area contributed by atoms with E-state index in [9.17, 15) is 9.59 Å². The van der Waals surface area contributed by atoms with Crippen LogP contribution in [0, 0.1) is 0 Å². The molecule has 130 valence electrons. The largest absolute Gasteiger partial charge is 0.375 e. The van der Waals surface area contributed by atoms with Crippen LogP contribution in [0.4, 0.5) is 11.4 Å². The number of hydrogen-bond donors (Lipinski definition) is 1. The molecule has 5 nitrogen and oxygen atoms in total. The normalized spacial score (nSPS) is 12.8. The van der Waals surface area contributed by atoms with Gasteiger partial charge in [0.05, 0.1) is 10.6 Å². The first-order chi connectivity index (χ1) is 12.0. The molecule has 0 fully saturated rings. The number of rotatable bonds is 4. The Morgan fingerprint density at radius 1 is 1.28 bits per heavy atom. The quantitative estimate of drug-likeness (QED) is 0.811. The molecule has 0 radical (unpaired) electrons. The molecule has 2 aromatic rings. The molecule has 3 rings (SSSR count). The SMILES string of the molecule is COCC(=O)N1CCc2ccc(NC(=O)c3cc(Br)ccc3Cl)cc21. The van der Waals surface area contributed by atoms with E-state index in [1.54, 1.807) is 29.2 Å². The van der Waals surface area contributed by atoms with E-state index in [1.165, 1.54) is 7.11 Å². The number of amides is 2. The molecule has 1 N–H and O–H groups in total. The van der Waals surface area contributed by atoms with Crippen LogP contribution in [-0.2, 0) is 16.0 Å². The van der Waals surface area contributed by atoms with Crippen molar-refractivity contribution < 1.29 is 14.3 Å². The minimum absolute atomic E-state index is 0.0314. The molecule has 1 heterocycles. The van der Waals surface area contributed by atoms with Gasteiger partial charge in [0, 0.05) is 29.5 Å². The van der Waals surface area contributed by atoms with E-state index in [4.69, 9.17) is 16.3 Å². The van der Waals surface area contributed by atoms with Gasteiger partial charge in [0.1, 0.15) is 6.61 Å². The summed E-state index contributed by atoms with van der Waals surface area (Å²) < 4.78 is 5.70. The third-order valence-electron chi connectivity index (χ3n) is 3.98. The van der Waals surface area contributed by atoms with Crippen LogP contribution in [0.2, 0.25) is 5.02 Å². The maximum absolute atomic E-state index is 12.5. The Morgan fingerprint density at radius 2 is 2.08 bits per heavy atom. The number of nitrogens with zero attached hydrogens (tertiary/aromatic N) is 1. The van der Waals surface area contributed by atoms with Crippen molar-refractivity contribution in [1.82, 2.24) is 0 Å². The number of anilines is 2. The monoisotopic (exact) mass is 422 g/mol. The average Bonchev–Trinajstić information content (AvgIpc) is 3.00. The van der Waals surface area contributed by atoms with E-state index < -0.39 is 0 Å². The van der Waals surface area contributed by atoms with Crippen LogP contribution in [0.15, 0.2) is 40.9 Å². The van der Waals surface area contributed by atoms with Gasteiger partial charge in [-0.05, 0) is 42.3 Å². The van der Waals surface area contributed by atoms with Crippen molar-refractivity contribution >= 4 is 50.7 Å². The molecule has 0 aliphatic carbocycles. The van der Waals surface area contributed by atoms with Gasteiger partial charge >= 0.3 is 0 Å². The van der Waals surface area contributed by atoms with Crippen molar-refractivity contribution in [2.75, 3.05) is 30.5 Å². The van der Waals surface area contributed by atoms with Crippen molar-refractivity contribution in [3.05, 3.63) is 57.0 Å². The summed E-state index contributed by atoms with van der Waals surface area (Å²) in [6, 6.07) is 10.7. The Bertz CT molecular complexity index is 841. The number of carbonyl (C=O) groups excluding carboxylic acids is 2. The number of ether oxygens (including phenoxy) is 1. The van der Waals surface area contributed by atoms with E-state index >= 15 is 0 Å². The van der Waals surface area contributed by atoms with E-state index in [-0.39, 0.29) is 18.4 Å². The topological polar surface area (TPSA) is 58.6 Å². The standard InChI is InChI=1S/C18H16BrClN2O3/c1-25-10-17(23)22-7-6-11-2-4-13(9-16(11)22)21-18(24)14-8-12(19)3-5-15(14)20/h2-5,8-9H,6-7,10H2,1H3,(H,21,24). The lowest BCUT2D eigenvalue weighted by atomic mass is 10.1. The number of carbonyl (C=O) groups is 2. The second-order valence-corrected chi connectivity index (χ2v) is 6.97. The van der Waals surface area contributed by atoms with Gasteiger partial charge in [-0.25, -0.2) is 0 Å². The van der Waals surface area contributed by atoms with Crippen molar-refractivity contribution in [1.29, 1.82) is 0 Å². The molecule has 0 aromatic heterocycles. The minimum atomic E-state index is -0.306. The summed E-state index contributed by atoms with van der Waals surface area (Å²) in [5.41, 5.74) is 2.86. The molecule has 2 aromatic carbocycles. The van der Waals surface area contributed by atoms with Gasteiger partial charge in [-0.15, -0.1) is 0 Å². The van der Waals surface area contributed by atoms with E-state index in [0.717, 1.165) is 22.1 Å². The fourth-order valence-corrected chi connectivity index (χ4v) is 3.35. The summed E-state index contributed by atoms with van der Waals surface area (Å²) in [5, 5.41) is 3.21. The van der Waals surface area contributed by atoms with Crippen LogP contribution < -0.4 is 10.2 Å². The van der Waals surface area contributed by atoms with E-state index in [1.807, 2.05) is 12.1 Å². The Labute approximate surface area is 159 Å². The molecule has 1 aliphatic rings. The van der Waals surface area contributed by atoms with Crippen LogP contribution in [0.3, 0.4) is 0 Å². The molecule has 2 amide bonds. The lowest BCUT2D eigenvalue weighted by Crippen LogP contribution is -2.32. The summed E-state index contributed by atoms with van der Waals surface area (Å²) >= 11 is 9.44. The summed E-state index contributed by atoms with van der Waals surface area (Å²) in [6.45, 7) is 0.649. The number of benzene rings is 2. The zero-order valence-electron chi connectivity index (χ0n) is 13.5. The highest BCUT2D eigenvalue weighted by Crippen LogP contribution is 2.31. The summed E-state index contributed by atoms with van der Waals surface area (Å²) in [7, 11) is 1.49. The van der Waals surface area contributed by atoms with Gasteiger partial charge in [-0.1, -0.05) is 33.6 Å². The lowest BCUT2D eigenvalue weighted by molar-refractivity contribution is -0.122. The highest BCUT2D eigenvalue weighted by atomic mass is 79.9. The maximum Gasteiger partial charge on any atom is 0.257 e. The predicted octanol–water partition coefficient (Wildman–Crippen LogP) is 3.89. The first-order valence-corrected chi connectivity index (χ1v) is 8.85. The van der Waals surface area contributed by atoms with Crippen LogP contribution >= 0.6 is 27.5 Å². The molecule has 0 atom stereocenters.